The van der Waals surface area contributed by atoms with Gasteiger partial charge in [-0.1, -0.05) is 12.2 Å². The van der Waals surface area contributed by atoms with Gasteiger partial charge in [-0.05, 0) is 76.8 Å². The molecule has 4 heterocycles. The van der Waals surface area contributed by atoms with Crippen molar-refractivity contribution in [2.24, 2.45) is 29.6 Å². The third-order valence-electron chi connectivity index (χ3n) is 13.2. The largest absolute Gasteiger partial charge is 0.379 e. The van der Waals surface area contributed by atoms with Crippen LogP contribution in [0.4, 0.5) is 4.39 Å². The van der Waals surface area contributed by atoms with E-state index in [-0.39, 0.29) is 59.6 Å². The lowest BCUT2D eigenvalue weighted by Crippen LogP contribution is -2.73. The van der Waals surface area contributed by atoms with Crippen LogP contribution < -0.4 is 10.6 Å². The van der Waals surface area contributed by atoms with Crippen LogP contribution in [0.5, 0.6) is 0 Å². The summed E-state index contributed by atoms with van der Waals surface area (Å²) >= 11 is 0. The number of ketones is 2. The number of allylic oxidation sites excluding steroid dienone is 2. The zero-order valence-electron chi connectivity index (χ0n) is 27.7. The molecule has 6 fully saturated rings. The van der Waals surface area contributed by atoms with Crippen LogP contribution >= 0.6 is 0 Å². The van der Waals surface area contributed by atoms with Crippen molar-refractivity contribution < 1.29 is 28.2 Å². The van der Waals surface area contributed by atoms with Gasteiger partial charge in [0.15, 0.2) is 5.78 Å². The molecule has 0 bridgehead atoms. The highest BCUT2D eigenvalue weighted by molar-refractivity contribution is 6.20. The van der Waals surface area contributed by atoms with Crippen molar-refractivity contribution in [2.45, 2.75) is 93.9 Å². The van der Waals surface area contributed by atoms with Gasteiger partial charge in [0.25, 0.3) is 5.91 Å². The maximum atomic E-state index is 16.3. The van der Waals surface area contributed by atoms with Gasteiger partial charge in [0.2, 0.25) is 0 Å². The molecule has 0 aromatic carbocycles. The number of nitrogens with zero attached hydrogens (tertiary/aromatic N) is 3. The first-order valence-electron chi connectivity index (χ1n) is 18.4. The van der Waals surface area contributed by atoms with E-state index in [2.05, 4.69) is 44.5 Å². The molecule has 0 aromatic rings. The van der Waals surface area contributed by atoms with Gasteiger partial charge >= 0.3 is 0 Å². The molecule has 0 spiro atoms. The monoisotopic (exact) mass is 653 g/mol. The molecule has 1 amide bonds. The summed E-state index contributed by atoms with van der Waals surface area (Å²) in [5, 5.41) is 6.55. The third kappa shape index (κ3) is 5.81. The zero-order valence-corrected chi connectivity index (χ0v) is 27.7. The van der Waals surface area contributed by atoms with Crippen molar-refractivity contribution in [3.63, 3.8) is 0 Å². The maximum Gasteiger partial charge on any atom is 0.256 e. The van der Waals surface area contributed by atoms with Crippen LogP contribution in [-0.2, 0) is 23.9 Å². The molecule has 8 aliphatic rings. The second kappa shape index (κ2) is 13.3. The van der Waals surface area contributed by atoms with E-state index in [1.54, 1.807) is 0 Å². The lowest BCUT2D eigenvalue weighted by Gasteiger charge is -2.60. The third-order valence-corrected chi connectivity index (χ3v) is 13.2. The fourth-order valence-corrected chi connectivity index (χ4v) is 10.7. The van der Waals surface area contributed by atoms with E-state index in [4.69, 9.17) is 9.47 Å². The van der Waals surface area contributed by atoms with Gasteiger partial charge in [0, 0.05) is 62.7 Å². The SMILES string of the molecule is CN1CCCC1CCNC(=O)C1=CN2C3CC4C(CC3OC3C(NCCN5CCOCC5)C(F)CC(C1=O)C32)C(=O)C1C=CCCC14. The van der Waals surface area contributed by atoms with Crippen molar-refractivity contribution in [1.29, 1.82) is 0 Å². The molecule has 4 aliphatic carbocycles. The summed E-state index contributed by atoms with van der Waals surface area (Å²) in [7, 11) is 2.12. The van der Waals surface area contributed by atoms with Crippen molar-refractivity contribution >= 4 is 17.5 Å². The Labute approximate surface area is 277 Å². The van der Waals surface area contributed by atoms with Gasteiger partial charge in [-0.25, -0.2) is 4.39 Å². The number of fused-ring (bicyclic) bond motifs is 5. The van der Waals surface area contributed by atoms with E-state index < -0.39 is 24.2 Å². The van der Waals surface area contributed by atoms with Crippen molar-refractivity contribution in [1.82, 2.24) is 25.3 Å². The summed E-state index contributed by atoms with van der Waals surface area (Å²) < 4.78 is 28.6. The summed E-state index contributed by atoms with van der Waals surface area (Å²) in [6.45, 7) is 6.14. The highest BCUT2D eigenvalue weighted by Crippen LogP contribution is 2.54. The average Bonchev–Trinajstić information content (AvgIpc) is 3.62. The minimum Gasteiger partial charge on any atom is -0.379 e. The topological polar surface area (TPSA) is 103 Å². The molecule has 3 saturated heterocycles. The van der Waals surface area contributed by atoms with Crippen LogP contribution in [0.15, 0.2) is 23.9 Å². The first kappa shape index (κ1) is 32.0. The van der Waals surface area contributed by atoms with Crippen LogP contribution in [-0.4, -0.2) is 134 Å². The molecule has 10 nitrogen and oxygen atoms in total. The van der Waals surface area contributed by atoms with E-state index >= 15 is 4.39 Å². The number of rotatable bonds is 8. The van der Waals surface area contributed by atoms with Gasteiger partial charge in [-0.15, -0.1) is 0 Å². The second-order valence-corrected chi connectivity index (χ2v) is 15.5. The van der Waals surface area contributed by atoms with Gasteiger partial charge in [-0.3, -0.25) is 19.3 Å². The second-order valence-electron chi connectivity index (χ2n) is 15.5. The zero-order chi connectivity index (χ0) is 32.2. The summed E-state index contributed by atoms with van der Waals surface area (Å²) in [6.07, 6.45) is 10.7. The summed E-state index contributed by atoms with van der Waals surface area (Å²) in [5.41, 5.74) is 0.152. The van der Waals surface area contributed by atoms with E-state index in [1.165, 1.54) is 6.42 Å². The quantitative estimate of drug-likeness (QED) is 0.300. The normalized spacial score (nSPS) is 43.2. The molecule has 3 saturated carbocycles. The lowest BCUT2D eigenvalue weighted by atomic mass is 9.66. The Hall–Kier alpha value is -2.18. The number of likely N-dealkylation sites (tertiary alicyclic amines) is 1. The summed E-state index contributed by atoms with van der Waals surface area (Å²) in [6, 6.07) is -0.512. The number of morpholine rings is 2. The molecular weight excluding hydrogens is 601 g/mol. The van der Waals surface area contributed by atoms with Crippen molar-refractivity contribution in [2.75, 3.05) is 59.5 Å². The number of halogens is 1. The van der Waals surface area contributed by atoms with Crippen LogP contribution in [0.25, 0.3) is 0 Å². The number of ether oxygens (including phenoxy) is 2. The number of Topliss-reactive ketones (excluding diaryl/α,β-unsaturated/α-hetero) is 2. The molecule has 11 heteroatoms. The Morgan fingerprint density at radius 1 is 1.04 bits per heavy atom. The fourth-order valence-electron chi connectivity index (χ4n) is 10.7. The standard InChI is InChI=1S/C36H52FN5O5/c1-40-11-4-5-21(40)8-9-39-36(45)27-20-42-29-18-24-22-6-2-3-7-23(22)33(43)25(24)19-30(29)47-35-31(28(37)17-26(32(35)42)34(27)44)38-10-12-41-13-15-46-16-14-41/h3,7,20-26,28-32,35,38H,2,4-6,8-19H2,1H3,(H,39,45). The van der Waals surface area contributed by atoms with Crippen molar-refractivity contribution in [3.05, 3.63) is 23.9 Å². The predicted octanol–water partition coefficient (Wildman–Crippen LogP) is 1.70. The number of amides is 1. The molecule has 258 valence electrons. The van der Waals surface area contributed by atoms with Gasteiger partial charge in [-0.2, -0.15) is 0 Å². The molecule has 8 rings (SSSR count). The van der Waals surface area contributed by atoms with Crippen LogP contribution in [0.2, 0.25) is 0 Å². The predicted molar refractivity (Wildman–Crippen MR) is 173 cm³/mol. The van der Waals surface area contributed by atoms with Crippen LogP contribution in [0.1, 0.15) is 51.4 Å². The number of carbonyl (C=O) groups excluding carboxylic acids is 3. The Balaban J connectivity index is 1.05. The molecule has 0 aromatic heterocycles. The molecule has 4 aliphatic heterocycles. The van der Waals surface area contributed by atoms with Crippen LogP contribution in [0, 0.1) is 29.6 Å². The number of nitrogens with one attached hydrogen (secondary N) is 2. The van der Waals surface area contributed by atoms with E-state index in [0.717, 1.165) is 58.3 Å². The molecule has 2 N–H and O–H groups in total. The van der Waals surface area contributed by atoms with Crippen molar-refractivity contribution in [3.8, 4) is 0 Å². The average molecular weight is 654 g/mol. The molecule has 47 heavy (non-hydrogen) atoms. The van der Waals surface area contributed by atoms with E-state index in [9.17, 15) is 14.4 Å². The molecular formula is C36H52FN5O5. The summed E-state index contributed by atoms with van der Waals surface area (Å²) in [5.74, 6) is -0.375. The highest BCUT2D eigenvalue weighted by atomic mass is 19.1. The minimum atomic E-state index is -1.29. The Morgan fingerprint density at radius 2 is 1.89 bits per heavy atom. The van der Waals surface area contributed by atoms with Crippen LogP contribution in [0.3, 0.4) is 0 Å². The molecule has 12 unspecified atom stereocenters. The Morgan fingerprint density at radius 3 is 2.70 bits per heavy atom. The van der Waals surface area contributed by atoms with Gasteiger partial charge < -0.3 is 29.9 Å². The highest BCUT2D eigenvalue weighted by Gasteiger charge is 2.62. The molecule has 12 atom stereocenters. The van der Waals surface area contributed by atoms with Gasteiger partial charge in [0.05, 0.1) is 49.1 Å². The number of alkyl halides is 1. The first-order valence-corrected chi connectivity index (χ1v) is 18.4. The first-order chi connectivity index (χ1) is 22.9. The number of carbonyl (C=O) groups is 3. The Kier molecular flexibility index (Phi) is 9.05. The molecule has 0 radical (unpaired) electrons. The lowest BCUT2D eigenvalue weighted by molar-refractivity contribution is -0.206. The minimum absolute atomic E-state index is 0.0162. The maximum absolute atomic E-state index is 16.3. The van der Waals surface area contributed by atoms with E-state index in [1.807, 2.05) is 6.20 Å². The van der Waals surface area contributed by atoms with Gasteiger partial charge in [0.1, 0.15) is 12.0 Å². The van der Waals surface area contributed by atoms with E-state index in [0.29, 0.717) is 50.5 Å². The number of hydrogen-bond acceptors (Lipinski definition) is 9. The Bertz CT molecular complexity index is 1290. The summed E-state index contributed by atoms with van der Waals surface area (Å²) in [4.78, 5) is 48.3. The smallest absolute Gasteiger partial charge is 0.256 e. The number of hydrogen-bond donors (Lipinski definition) is 2. The fraction of sp³-hybridized carbons (Fsp3) is 0.806.